The molecule has 0 aliphatic heterocycles. The number of hydrogen-bond acceptors (Lipinski definition) is 2. The zero-order valence-corrected chi connectivity index (χ0v) is 9.68. The average molecular weight is 241 g/mol. The number of hydrogen-bond donors (Lipinski definition) is 1. The van der Waals surface area contributed by atoms with E-state index in [0.717, 1.165) is 16.5 Å². The number of nitrogen functional groups attached to an aromatic ring is 1. The Hall–Kier alpha value is -2.36. The highest BCUT2D eigenvalue weighted by Gasteiger charge is 2.06. The van der Waals surface area contributed by atoms with Crippen LogP contribution >= 0.6 is 0 Å². The molecular weight excluding hydrogens is 229 g/mol. The van der Waals surface area contributed by atoms with E-state index >= 15 is 0 Å². The van der Waals surface area contributed by atoms with Crippen LogP contribution < -0.4 is 5.73 Å². The van der Waals surface area contributed by atoms with Gasteiger partial charge in [0.05, 0.1) is 18.3 Å². The Bertz CT molecular complexity index is 703. The predicted molar refractivity (Wildman–Crippen MR) is 69.6 cm³/mol. The highest BCUT2D eigenvalue weighted by atomic mass is 19.1. The van der Waals surface area contributed by atoms with Crippen molar-refractivity contribution in [3.05, 3.63) is 60.0 Å². The molecule has 0 saturated heterocycles. The molecule has 0 radical (unpaired) electrons. The van der Waals surface area contributed by atoms with Gasteiger partial charge in [0.25, 0.3) is 0 Å². The van der Waals surface area contributed by atoms with E-state index in [2.05, 4.69) is 5.10 Å². The Balaban J connectivity index is 2.04. The first-order valence-corrected chi connectivity index (χ1v) is 5.68. The van der Waals surface area contributed by atoms with Crippen molar-refractivity contribution in [2.45, 2.75) is 6.54 Å². The number of halogens is 1. The van der Waals surface area contributed by atoms with Crippen LogP contribution in [0.1, 0.15) is 5.56 Å². The van der Waals surface area contributed by atoms with Gasteiger partial charge in [0.1, 0.15) is 5.82 Å². The summed E-state index contributed by atoms with van der Waals surface area (Å²) in [6.45, 7) is 0.469. The lowest BCUT2D eigenvalue weighted by Crippen LogP contribution is -2.04. The smallest absolute Gasteiger partial charge is 0.123 e. The molecule has 2 aromatic carbocycles. The largest absolute Gasteiger partial charge is 0.398 e. The fourth-order valence-corrected chi connectivity index (χ4v) is 2.02. The summed E-state index contributed by atoms with van der Waals surface area (Å²) in [5.74, 6) is -0.282. The zero-order chi connectivity index (χ0) is 12.5. The lowest BCUT2D eigenvalue weighted by atomic mass is 10.1. The molecular formula is C14H12FN3. The molecule has 0 aliphatic rings. The van der Waals surface area contributed by atoms with E-state index in [1.807, 2.05) is 28.9 Å². The second-order valence-electron chi connectivity index (χ2n) is 4.20. The quantitative estimate of drug-likeness (QED) is 0.701. The first kappa shape index (κ1) is 10.8. The number of anilines is 1. The SMILES string of the molecule is Nc1ccc(F)cc1Cn1ncc2ccccc21. The molecule has 3 aromatic rings. The summed E-state index contributed by atoms with van der Waals surface area (Å²) in [6.07, 6.45) is 1.80. The second-order valence-corrected chi connectivity index (χ2v) is 4.20. The van der Waals surface area contributed by atoms with E-state index in [0.29, 0.717) is 12.2 Å². The number of fused-ring (bicyclic) bond motifs is 1. The Morgan fingerprint density at radius 2 is 2.00 bits per heavy atom. The summed E-state index contributed by atoms with van der Waals surface area (Å²) < 4.78 is 15.0. The van der Waals surface area contributed by atoms with E-state index in [-0.39, 0.29) is 5.82 Å². The maximum atomic E-state index is 13.2. The van der Waals surface area contributed by atoms with Gasteiger partial charge in [-0.05, 0) is 29.8 Å². The van der Waals surface area contributed by atoms with Crippen LogP contribution in [-0.2, 0) is 6.54 Å². The number of nitrogens with zero attached hydrogens (tertiary/aromatic N) is 2. The number of aromatic nitrogens is 2. The topological polar surface area (TPSA) is 43.8 Å². The van der Waals surface area contributed by atoms with Crippen LogP contribution in [0, 0.1) is 5.82 Å². The number of para-hydroxylation sites is 1. The minimum absolute atomic E-state index is 0.282. The van der Waals surface area contributed by atoms with Gasteiger partial charge in [-0.3, -0.25) is 4.68 Å². The molecule has 18 heavy (non-hydrogen) atoms. The summed E-state index contributed by atoms with van der Waals surface area (Å²) in [4.78, 5) is 0. The van der Waals surface area contributed by atoms with Gasteiger partial charge in [0.2, 0.25) is 0 Å². The Morgan fingerprint density at radius 3 is 2.89 bits per heavy atom. The molecule has 3 nitrogen and oxygen atoms in total. The maximum Gasteiger partial charge on any atom is 0.123 e. The third-order valence-corrected chi connectivity index (χ3v) is 2.98. The Labute approximate surface area is 104 Å². The standard InChI is InChI=1S/C14H12FN3/c15-12-5-6-13(16)11(7-12)9-18-14-4-2-1-3-10(14)8-17-18/h1-8H,9,16H2. The third kappa shape index (κ3) is 1.82. The van der Waals surface area contributed by atoms with Crippen molar-refractivity contribution in [1.29, 1.82) is 0 Å². The van der Waals surface area contributed by atoms with Crippen molar-refractivity contribution in [3.63, 3.8) is 0 Å². The fourth-order valence-electron chi connectivity index (χ4n) is 2.02. The molecule has 2 N–H and O–H groups in total. The van der Waals surface area contributed by atoms with E-state index in [4.69, 9.17) is 5.73 Å². The van der Waals surface area contributed by atoms with Gasteiger partial charge in [-0.1, -0.05) is 18.2 Å². The minimum Gasteiger partial charge on any atom is -0.398 e. The van der Waals surface area contributed by atoms with Gasteiger partial charge in [0.15, 0.2) is 0 Å². The van der Waals surface area contributed by atoms with Crippen molar-refractivity contribution in [3.8, 4) is 0 Å². The van der Waals surface area contributed by atoms with Crippen LogP contribution in [0.2, 0.25) is 0 Å². The van der Waals surface area contributed by atoms with Crippen molar-refractivity contribution < 1.29 is 4.39 Å². The molecule has 90 valence electrons. The van der Waals surface area contributed by atoms with Gasteiger partial charge < -0.3 is 5.73 Å². The van der Waals surface area contributed by atoms with Crippen LogP contribution in [0.3, 0.4) is 0 Å². The van der Waals surface area contributed by atoms with Gasteiger partial charge in [0, 0.05) is 11.1 Å². The van der Waals surface area contributed by atoms with Crippen molar-refractivity contribution in [2.75, 3.05) is 5.73 Å². The molecule has 0 amide bonds. The molecule has 1 aromatic heterocycles. The number of rotatable bonds is 2. The van der Waals surface area contributed by atoms with Crippen LogP contribution in [-0.4, -0.2) is 9.78 Å². The summed E-state index contributed by atoms with van der Waals surface area (Å²) in [6, 6.07) is 12.3. The van der Waals surface area contributed by atoms with Gasteiger partial charge in [-0.2, -0.15) is 5.10 Å². The first-order chi connectivity index (χ1) is 8.74. The number of benzene rings is 2. The van der Waals surface area contributed by atoms with Crippen molar-refractivity contribution >= 4 is 16.6 Å². The second kappa shape index (κ2) is 4.14. The lowest BCUT2D eigenvalue weighted by Gasteiger charge is -2.07. The number of nitrogens with two attached hydrogens (primary N) is 1. The summed E-state index contributed by atoms with van der Waals surface area (Å²) in [5.41, 5.74) is 8.18. The molecule has 0 atom stereocenters. The van der Waals surface area contributed by atoms with E-state index in [1.54, 1.807) is 12.3 Å². The van der Waals surface area contributed by atoms with E-state index < -0.39 is 0 Å². The fraction of sp³-hybridized carbons (Fsp3) is 0.0714. The van der Waals surface area contributed by atoms with E-state index in [1.165, 1.54) is 12.1 Å². The Kier molecular flexibility index (Phi) is 2.48. The maximum absolute atomic E-state index is 13.2. The molecule has 0 saturated carbocycles. The van der Waals surface area contributed by atoms with Crippen LogP contribution in [0.15, 0.2) is 48.7 Å². The third-order valence-electron chi connectivity index (χ3n) is 2.98. The minimum atomic E-state index is -0.282. The van der Waals surface area contributed by atoms with Crippen molar-refractivity contribution in [1.82, 2.24) is 9.78 Å². The highest BCUT2D eigenvalue weighted by molar-refractivity contribution is 5.78. The van der Waals surface area contributed by atoms with Crippen LogP contribution in [0.25, 0.3) is 10.9 Å². The van der Waals surface area contributed by atoms with Crippen LogP contribution in [0.4, 0.5) is 10.1 Å². The molecule has 3 rings (SSSR count). The monoisotopic (exact) mass is 241 g/mol. The van der Waals surface area contributed by atoms with Crippen molar-refractivity contribution in [2.24, 2.45) is 0 Å². The molecule has 1 heterocycles. The normalized spacial score (nSPS) is 10.9. The van der Waals surface area contributed by atoms with Crippen LogP contribution in [0.5, 0.6) is 0 Å². The van der Waals surface area contributed by atoms with E-state index in [9.17, 15) is 4.39 Å². The van der Waals surface area contributed by atoms with Gasteiger partial charge in [-0.15, -0.1) is 0 Å². The molecule has 0 bridgehead atoms. The summed E-state index contributed by atoms with van der Waals surface area (Å²) in [7, 11) is 0. The molecule has 0 fully saturated rings. The first-order valence-electron chi connectivity index (χ1n) is 5.68. The molecule has 0 spiro atoms. The van der Waals surface area contributed by atoms with Gasteiger partial charge >= 0.3 is 0 Å². The van der Waals surface area contributed by atoms with Gasteiger partial charge in [-0.25, -0.2) is 4.39 Å². The predicted octanol–water partition coefficient (Wildman–Crippen LogP) is 2.81. The Morgan fingerprint density at radius 1 is 1.17 bits per heavy atom. The highest BCUT2D eigenvalue weighted by Crippen LogP contribution is 2.18. The molecule has 4 heteroatoms. The summed E-state index contributed by atoms with van der Waals surface area (Å²) >= 11 is 0. The molecule has 0 aliphatic carbocycles. The summed E-state index contributed by atoms with van der Waals surface area (Å²) in [5, 5.41) is 5.36. The zero-order valence-electron chi connectivity index (χ0n) is 9.68. The lowest BCUT2D eigenvalue weighted by molar-refractivity contribution is 0.621. The molecule has 0 unspecified atom stereocenters. The average Bonchev–Trinajstić information content (AvgIpc) is 2.78.